The molecule has 0 aliphatic carbocycles. The van der Waals surface area contributed by atoms with Gasteiger partial charge in [-0.25, -0.2) is 4.39 Å². The Balaban J connectivity index is 2.18. The van der Waals surface area contributed by atoms with Crippen molar-refractivity contribution in [1.29, 1.82) is 0 Å². The second-order valence-electron chi connectivity index (χ2n) is 4.11. The van der Waals surface area contributed by atoms with Crippen molar-refractivity contribution in [2.45, 2.75) is 19.9 Å². The standard InChI is InChI=1S/C13H12Cl2FNS/c1-7-5-9(3-4-11(7)16)17-8(2)10-6-12(14)18-13(10)15/h3-6,8,17H,1-2H3. The number of hydrogen-bond acceptors (Lipinski definition) is 2. The van der Waals surface area contributed by atoms with Crippen LogP contribution in [0, 0.1) is 12.7 Å². The third kappa shape index (κ3) is 2.97. The monoisotopic (exact) mass is 303 g/mol. The first kappa shape index (κ1) is 13.7. The summed E-state index contributed by atoms with van der Waals surface area (Å²) in [6.07, 6.45) is 0. The van der Waals surface area contributed by atoms with Crippen molar-refractivity contribution in [3.05, 3.63) is 49.9 Å². The Morgan fingerprint density at radius 3 is 2.56 bits per heavy atom. The van der Waals surface area contributed by atoms with Crippen molar-refractivity contribution in [3.8, 4) is 0 Å². The minimum absolute atomic E-state index is 0.0195. The highest BCUT2D eigenvalue weighted by atomic mass is 35.5. The number of thiophene rings is 1. The lowest BCUT2D eigenvalue weighted by Gasteiger charge is -2.15. The molecule has 1 heterocycles. The van der Waals surface area contributed by atoms with Crippen LogP contribution in [0.4, 0.5) is 10.1 Å². The van der Waals surface area contributed by atoms with Gasteiger partial charge in [-0.2, -0.15) is 0 Å². The van der Waals surface area contributed by atoms with Crippen molar-refractivity contribution in [2.75, 3.05) is 5.32 Å². The first-order valence-corrected chi connectivity index (χ1v) is 7.02. The van der Waals surface area contributed by atoms with Crippen LogP contribution in [0.25, 0.3) is 0 Å². The van der Waals surface area contributed by atoms with Crippen LogP contribution in [0.3, 0.4) is 0 Å². The summed E-state index contributed by atoms with van der Waals surface area (Å²) < 4.78 is 14.5. The molecule has 1 unspecified atom stereocenters. The largest absolute Gasteiger partial charge is 0.378 e. The van der Waals surface area contributed by atoms with E-state index in [1.54, 1.807) is 19.1 Å². The highest BCUT2D eigenvalue weighted by Crippen LogP contribution is 2.36. The summed E-state index contributed by atoms with van der Waals surface area (Å²) in [5.41, 5.74) is 2.43. The van der Waals surface area contributed by atoms with Gasteiger partial charge in [0.25, 0.3) is 0 Å². The molecule has 0 saturated carbocycles. The Morgan fingerprint density at radius 2 is 2.00 bits per heavy atom. The van der Waals surface area contributed by atoms with Crippen LogP contribution in [-0.4, -0.2) is 0 Å². The van der Waals surface area contributed by atoms with Crippen LogP contribution in [0.5, 0.6) is 0 Å². The molecule has 1 aromatic heterocycles. The summed E-state index contributed by atoms with van der Waals surface area (Å²) in [6, 6.07) is 6.80. The first-order chi connectivity index (χ1) is 8.47. The van der Waals surface area contributed by atoms with Crippen LogP contribution in [0.2, 0.25) is 8.67 Å². The van der Waals surface area contributed by atoms with E-state index in [0.717, 1.165) is 11.3 Å². The molecule has 0 aliphatic rings. The Kier molecular flexibility index (Phi) is 4.15. The zero-order chi connectivity index (χ0) is 13.3. The predicted molar refractivity (Wildman–Crippen MR) is 77.5 cm³/mol. The van der Waals surface area contributed by atoms with Crippen molar-refractivity contribution >= 4 is 40.2 Å². The highest BCUT2D eigenvalue weighted by molar-refractivity contribution is 7.20. The van der Waals surface area contributed by atoms with Gasteiger partial charge < -0.3 is 5.32 Å². The average molecular weight is 304 g/mol. The molecule has 0 bridgehead atoms. The lowest BCUT2D eigenvalue weighted by atomic mass is 10.1. The molecule has 0 amide bonds. The molecule has 1 N–H and O–H groups in total. The van der Waals surface area contributed by atoms with Gasteiger partial charge in [-0.15, -0.1) is 11.3 Å². The molecular weight excluding hydrogens is 292 g/mol. The van der Waals surface area contributed by atoms with Crippen molar-refractivity contribution in [1.82, 2.24) is 0 Å². The number of nitrogens with one attached hydrogen (secondary N) is 1. The molecule has 18 heavy (non-hydrogen) atoms. The van der Waals surface area contributed by atoms with E-state index < -0.39 is 0 Å². The van der Waals surface area contributed by atoms with Gasteiger partial charge in [0.05, 0.1) is 14.7 Å². The lowest BCUT2D eigenvalue weighted by Crippen LogP contribution is -2.06. The third-order valence-corrected chi connectivity index (χ3v) is 4.21. The number of hydrogen-bond donors (Lipinski definition) is 1. The molecule has 1 aromatic carbocycles. The second-order valence-corrected chi connectivity index (χ2v) is 6.40. The topological polar surface area (TPSA) is 12.0 Å². The number of aryl methyl sites for hydroxylation is 1. The van der Waals surface area contributed by atoms with Gasteiger partial charge in [0, 0.05) is 11.3 Å². The summed E-state index contributed by atoms with van der Waals surface area (Å²) in [5.74, 6) is -0.204. The van der Waals surface area contributed by atoms with Gasteiger partial charge in [-0.1, -0.05) is 23.2 Å². The summed E-state index contributed by atoms with van der Waals surface area (Å²) in [6.45, 7) is 3.72. The molecule has 2 rings (SSSR count). The smallest absolute Gasteiger partial charge is 0.126 e. The number of benzene rings is 1. The minimum atomic E-state index is -0.204. The van der Waals surface area contributed by atoms with Gasteiger partial charge in [0.15, 0.2) is 0 Å². The van der Waals surface area contributed by atoms with E-state index in [1.807, 2.05) is 13.0 Å². The summed E-state index contributed by atoms with van der Waals surface area (Å²) in [5, 5.41) is 3.28. The number of rotatable bonds is 3. The van der Waals surface area contributed by atoms with Crippen LogP contribution in [0.1, 0.15) is 24.1 Å². The van der Waals surface area contributed by atoms with Crippen LogP contribution in [-0.2, 0) is 0 Å². The fourth-order valence-corrected chi connectivity index (χ4v) is 3.36. The molecule has 0 radical (unpaired) electrons. The minimum Gasteiger partial charge on any atom is -0.378 e. The Labute approximate surface area is 120 Å². The van der Waals surface area contributed by atoms with E-state index in [2.05, 4.69) is 5.32 Å². The van der Waals surface area contributed by atoms with E-state index in [4.69, 9.17) is 23.2 Å². The molecule has 1 nitrogen and oxygen atoms in total. The van der Waals surface area contributed by atoms with Crippen LogP contribution < -0.4 is 5.32 Å². The van der Waals surface area contributed by atoms with E-state index in [1.165, 1.54) is 17.4 Å². The Bertz CT molecular complexity index is 568. The first-order valence-electron chi connectivity index (χ1n) is 5.45. The van der Waals surface area contributed by atoms with Crippen molar-refractivity contribution in [2.24, 2.45) is 0 Å². The molecule has 0 aliphatic heterocycles. The third-order valence-electron chi connectivity index (χ3n) is 2.69. The van der Waals surface area contributed by atoms with Gasteiger partial charge in [0.2, 0.25) is 0 Å². The van der Waals surface area contributed by atoms with Gasteiger partial charge in [0.1, 0.15) is 5.82 Å². The average Bonchev–Trinajstić information content (AvgIpc) is 2.63. The molecular formula is C13H12Cl2FNS. The molecule has 2 aromatic rings. The number of anilines is 1. The summed E-state index contributed by atoms with van der Waals surface area (Å²) in [7, 11) is 0. The molecule has 1 atom stereocenters. The molecule has 0 saturated heterocycles. The SMILES string of the molecule is Cc1cc(NC(C)c2cc(Cl)sc2Cl)ccc1F. The maximum absolute atomic E-state index is 13.2. The number of halogens is 3. The van der Waals surface area contributed by atoms with Gasteiger partial charge in [-0.3, -0.25) is 0 Å². The fourth-order valence-electron chi connectivity index (χ4n) is 1.71. The Morgan fingerprint density at radius 1 is 1.28 bits per heavy atom. The highest BCUT2D eigenvalue weighted by Gasteiger charge is 2.13. The second kappa shape index (κ2) is 5.47. The molecule has 0 fully saturated rings. The molecule has 96 valence electrons. The van der Waals surface area contributed by atoms with E-state index >= 15 is 0 Å². The normalized spacial score (nSPS) is 12.5. The summed E-state index contributed by atoms with van der Waals surface area (Å²) >= 11 is 13.4. The van der Waals surface area contributed by atoms with E-state index in [-0.39, 0.29) is 11.9 Å². The fraction of sp³-hybridized carbons (Fsp3) is 0.231. The van der Waals surface area contributed by atoms with E-state index in [0.29, 0.717) is 14.2 Å². The van der Waals surface area contributed by atoms with Crippen LogP contribution >= 0.6 is 34.5 Å². The zero-order valence-electron chi connectivity index (χ0n) is 9.93. The maximum Gasteiger partial charge on any atom is 0.126 e. The summed E-state index contributed by atoms with van der Waals surface area (Å²) in [4.78, 5) is 0. The quantitative estimate of drug-likeness (QED) is 0.769. The van der Waals surface area contributed by atoms with E-state index in [9.17, 15) is 4.39 Å². The van der Waals surface area contributed by atoms with Crippen molar-refractivity contribution in [3.63, 3.8) is 0 Å². The maximum atomic E-state index is 13.2. The van der Waals surface area contributed by atoms with Gasteiger partial charge in [-0.05, 0) is 43.7 Å². The van der Waals surface area contributed by atoms with Crippen LogP contribution in [0.15, 0.2) is 24.3 Å². The molecule has 0 spiro atoms. The Hall–Kier alpha value is -0.770. The predicted octanol–water partition coefficient (Wildman–Crippen LogP) is 5.68. The zero-order valence-corrected chi connectivity index (χ0v) is 12.3. The van der Waals surface area contributed by atoms with Gasteiger partial charge >= 0.3 is 0 Å². The lowest BCUT2D eigenvalue weighted by molar-refractivity contribution is 0.618. The molecule has 5 heteroatoms. The van der Waals surface area contributed by atoms with Crippen molar-refractivity contribution < 1.29 is 4.39 Å².